The van der Waals surface area contributed by atoms with Crippen molar-refractivity contribution in [2.24, 2.45) is 4.99 Å². The van der Waals surface area contributed by atoms with E-state index in [9.17, 15) is 0 Å². The van der Waals surface area contributed by atoms with Crippen molar-refractivity contribution >= 4 is 11.6 Å². The molecule has 2 aromatic carbocycles. The molecule has 0 saturated carbocycles. The fraction of sp³-hybridized carbons (Fsp3) is 0.286. The van der Waals surface area contributed by atoms with Crippen molar-refractivity contribution in [3.63, 3.8) is 0 Å². The third-order valence-corrected chi connectivity index (χ3v) is 3.78. The van der Waals surface area contributed by atoms with E-state index in [1.54, 1.807) is 0 Å². The quantitative estimate of drug-likeness (QED) is 0.488. The van der Waals surface area contributed by atoms with Gasteiger partial charge in [-0.1, -0.05) is 44.2 Å². The maximum atomic E-state index is 6.08. The van der Waals surface area contributed by atoms with E-state index < -0.39 is 0 Å². The Kier molecular flexibility index (Phi) is 6.16. The van der Waals surface area contributed by atoms with Crippen LogP contribution in [0.5, 0.6) is 5.75 Å². The predicted molar refractivity (Wildman–Crippen MR) is 98.8 cm³/mol. The Hall–Kier alpha value is -2.35. The van der Waals surface area contributed by atoms with Crippen LogP contribution in [0.1, 0.15) is 38.3 Å². The molecule has 0 saturated heterocycles. The monoisotopic (exact) mass is 307 g/mol. The maximum absolute atomic E-state index is 6.08. The molecule has 0 aliphatic carbocycles. The molecule has 0 atom stereocenters. The third kappa shape index (κ3) is 4.82. The highest BCUT2D eigenvalue weighted by Crippen LogP contribution is 2.20. The van der Waals surface area contributed by atoms with Gasteiger partial charge in [0.25, 0.3) is 0 Å². The van der Waals surface area contributed by atoms with E-state index in [0.717, 1.165) is 29.9 Å². The first-order valence-electron chi connectivity index (χ1n) is 8.24. The van der Waals surface area contributed by atoms with Crippen molar-refractivity contribution in [2.45, 2.75) is 40.5 Å². The molecule has 0 unspecified atom stereocenters. The molecule has 2 heteroatoms. The van der Waals surface area contributed by atoms with Crippen molar-refractivity contribution in [3.8, 4) is 5.75 Å². The van der Waals surface area contributed by atoms with Crippen LogP contribution in [-0.2, 0) is 6.42 Å². The number of allylic oxidation sites excluding steroid dienone is 1. The average molecular weight is 307 g/mol. The van der Waals surface area contributed by atoms with Gasteiger partial charge in [-0.25, -0.2) is 4.99 Å². The van der Waals surface area contributed by atoms with Crippen molar-refractivity contribution < 1.29 is 4.74 Å². The Balaban J connectivity index is 2.34. The summed E-state index contributed by atoms with van der Waals surface area (Å²) in [5.41, 5.74) is 4.50. The summed E-state index contributed by atoms with van der Waals surface area (Å²) in [4.78, 5) is 4.73. The molecule has 2 aromatic rings. The molecule has 23 heavy (non-hydrogen) atoms. The van der Waals surface area contributed by atoms with Gasteiger partial charge in [0, 0.05) is 5.57 Å². The summed E-state index contributed by atoms with van der Waals surface area (Å²) in [6, 6.07) is 16.4. The van der Waals surface area contributed by atoms with Crippen LogP contribution in [0.25, 0.3) is 0 Å². The number of benzene rings is 2. The Bertz CT molecular complexity index is 696. The second kappa shape index (κ2) is 8.33. The fourth-order valence-electron chi connectivity index (χ4n) is 2.35. The summed E-state index contributed by atoms with van der Waals surface area (Å²) in [7, 11) is 0. The lowest BCUT2D eigenvalue weighted by Gasteiger charge is -2.12. The minimum atomic E-state index is 0.671. The van der Waals surface area contributed by atoms with Gasteiger partial charge in [-0.3, -0.25) is 0 Å². The Morgan fingerprint density at radius 2 is 1.83 bits per heavy atom. The highest BCUT2D eigenvalue weighted by atomic mass is 16.5. The van der Waals surface area contributed by atoms with E-state index in [0.29, 0.717) is 5.90 Å². The molecule has 0 aliphatic heterocycles. The zero-order chi connectivity index (χ0) is 16.7. The van der Waals surface area contributed by atoms with E-state index in [2.05, 4.69) is 45.0 Å². The molecular weight excluding hydrogens is 282 g/mol. The van der Waals surface area contributed by atoms with E-state index >= 15 is 0 Å². The van der Waals surface area contributed by atoms with Gasteiger partial charge in [-0.2, -0.15) is 0 Å². The molecule has 0 spiro atoms. The van der Waals surface area contributed by atoms with Crippen LogP contribution in [0.15, 0.2) is 65.2 Å². The van der Waals surface area contributed by atoms with Crippen LogP contribution in [-0.4, -0.2) is 5.90 Å². The summed E-state index contributed by atoms with van der Waals surface area (Å²) in [6.07, 6.45) is 3.98. The van der Waals surface area contributed by atoms with Crippen LogP contribution in [0.4, 0.5) is 5.69 Å². The SMILES string of the molecule is CC=C(CC)/C(=N/c1ccc(CC)cc1)Oc1cccc(C)c1. The van der Waals surface area contributed by atoms with E-state index in [4.69, 9.17) is 9.73 Å². The molecule has 2 nitrogen and oxygen atoms in total. The zero-order valence-corrected chi connectivity index (χ0v) is 14.5. The van der Waals surface area contributed by atoms with Crippen LogP contribution in [0.2, 0.25) is 0 Å². The van der Waals surface area contributed by atoms with Gasteiger partial charge in [0.1, 0.15) is 5.75 Å². The lowest BCUT2D eigenvalue weighted by Crippen LogP contribution is -2.11. The minimum Gasteiger partial charge on any atom is -0.439 e. The third-order valence-electron chi connectivity index (χ3n) is 3.78. The summed E-state index contributed by atoms with van der Waals surface area (Å²) in [5, 5.41) is 0. The molecule has 0 N–H and O–H groups in total. The number of ether oxygens (including phenoxy) is 1. The Morgan fingerprint density at radius 3 is 2.39 bits per heavy atom. The van der Waals surface area contributed by atoms with Gasteiger partial charge in [-0.05, 0) is 62.1 Å². The predicted octanol–water partition coefficient (Wildman–Crippen LogP) is 6.02. The Labute approximate surface area is 139 Å². The minimum absolute atomic E-state index is 0.671. The van der Waals surface area contributed by atoms with Crippen LogP contribution in [0, 0.1) is 6.92 Å². The van der Waals surface area contributed by atoms with Gasteiger partial charge >= 0.3 is 0 Å². The van der Waals surface area contributed by atoms with E-state index in [1.165, 1.54) is 11.1 Å². The standard InChI is InChI=1S/C21H25NO/c1-5-17-11-13-19(14-12-17)22-21(18(6-2)7-3)23-20-10-8-9-16(4)15-20/h6,8-15H,5,7H2,1-4H3/b18-6?,22-21-. The second-order valence-corrected chi connectivity index (χ2v) is 5.52. The van der Waals surface area contributed by atoms with Crippen molar-refractivity contribution in [3.05, 3.63) is 71.3 Å². The average Bonchev–Trinajstić information content (AvgIpc) is 2.56. The molecule has 0 bridgehead atoms. The number of nitrogens with zero attached hydrogens (tertiary/aromatic N) is 1. The molecule has 0 aliphatic rings. The van der Waals surface area contributed by atoms with Crippen LogP contribution >= 0.6 is 0 Å². The van der Waals surface area contributed by atoms with Gasteiger partial charge in [0.2, 0.25) is 5.90 Å². The number of aliphatic imine (C=N–C) groups is 1. The van der Waals surface area contributed by atoms with Crippen LogP contribution in [0.3, 0.4) is 0 Å². The van der Waals surface area contributed by atoms with Gasteiger partial charge < -0.3 is 4.74 Å². The molecular formula is C21H25NO. The Morgan fingerprint density at radius 1 is 1.09 bits per heavy atom. The molecule has 2 rings (SSSR count). The first kappa shape index (κ1) is 17.0. The molecule has 0 heterocycles. The first-order chi connectivity index (χ1) is 11.2. The summed E-state index contributed by atoms with van der Waals surface area (Å²) < 4.78 is 6.08. The highest BCUT2D eigenvalue weighted by molar-refractivity contribution is 5.96. The van der Waals surface area contributed by atoms with Crippen molar-refractivity contribution in [2.75, 3.05) is 0 Å². The molecule has 0 radical (unpaired) electrons. The van der Waals surface area contributed by atoms with Crippen LogP contribution < -0.4 is 4.74 Å². The lowest BCUT2D eigenvalue weighted by atomic mass is 10.1. The summed E-state index contributed by atoms with van der Waals surface area (Å²) in [6.45, 7) is 8.35. The largest absolute Gasteiger partial charge is 0.439 e. The number of rotatable bonds is 5. The van der Waals surface area contributed by atoms with Gasteiger partial charge in [0.15, 0.2) is 0 Å². The van der Waals surface area contributed by atoms with Crippen molar-refractivity contribution in [1.82, 2.24) is 0 Å². The maximum Gasteiger partial charge on any atom is 0.222 e. The number of hydrogen-bond acceptors (Lipinski definition) is 2. The zero-order valence-electron chi connectivity index (χ0n) is 14.5. The normalized spacial score (nSPS) is 12.3. The first-order valence-corrected chi connectivity index (χ1v) is 8.24. The molecule has 120 valence electrons. The highest BCUT2D eigenvalue weighted by Gasteiger charge is 2.08. The van der Waals surface area contributed by atoms with E-state index in [1.807, 2.05) is 37.3 Å². The smallest absolute Gasteiger partial charge is 0.222 e. The molecule has 0 fully saturated rings. The van der Waals surface area contributed by atoms with Gasteiger partial charge in [-0.15, -0.1) is 0 Å². The summed E-state index contributed by atoms with van der Waals surface area (Å²) in [5.74, 6) is 1.49. The molecule has 0 amide bonds. The fourth-order valence-corrected chi connectivity index (χ4v) is 2.35. The summed E-state index contributed by atoms with van der Waals surface area (Å²) >= 11 is 0. The lowest BCUT2D eigenvalue weighted by molar-refractivity contribution is 0.548. The van der Waals surface area contributed by atoms with E-state index in [-0.39, 0.29) is 0 Å². The number of hydrogen-bond donors (Lipinski definition) is 0. The van der Waals surface area contributed by atoms with Gasteiger partial charge in [0.05, 0.1) is 5.69 Å². The molecule has 0 aromatic heterocycles. The van der Waals surface area contributed by atoms with Crippen molar-refractivity contribution in [1.29, 1.82) is 0 Å². The number of aryl methyl sites for hydroxylation is 2. The second-order valence-electron chi connectivity index (χ2n) is 5.52. The topological polar surface area (TPSA) is 21.6 Å².